The van der Waals surface area contributed by atoms with E-state index in [1.165, 1.54) is 49.6 Å². The highest BCUT2D eigenvalue weighted by Crippen LogP contribution is 2.59. The number of hydrogen-bond acceptors (Lipinski definition) is 7. The van der Waals surface area contributed by atoms with Gasteiger partial charge in [0.25, 0.3) is 0 Å². The summed E-state index contributed by atoms with van der Waals surface area (Å²) >= 11 is 1.89. The van der Waals surface area contributed by atoms with Crippen molar-refractivity contribution in [2.24, 2.45) is 39.6 Å². The Morgan fingerprint density at radius 3 is 2.57 bits per heavy atom. The van der Waals surface area contributed by atoms with Crippen LogP contribution in [0.1, 0.15) is 86.2 Å². The van der Waals surface area contributed by atoms with E-state index >= 15 is 0 Å². The molecule has 3 aromatic rings. The van der Waals surface area contributed by atoms with Gasteiger partial charge in [-0.1, -0.05) is 96.8 Å². The molecule has 4 aliphatic carbocycles. The van der Waals surface area contributed by atoms with Crippen LogP contribution in [0.5, 0.6) is 0 Å². The number of pyridine rings is 1. The zero-order valence-electron chi connectivity index (χ0n) is 32.9. The van der Waals surface area contributed by atoms with Gasteiger partial charge < -0.3 is 5.32 Å². The molecule has 4 heterocycles. The molecule has 0 bridgehead atoms. The number of benzene rings is 2. The van der Waals surface area contributed by atoms with Crippen molar-refractivity contribution in [3.05, 3.63) is 173 Å². The molecule has 10 rings (SSSR count). The predicted molar refractivity (Wildman–Crippen MR) is 235 cm³/mol. The minimum atomic E-state index is -0.477. The van der Waals surface area contributed by atoms with Crippen LogP contribution in [0, 0.1) is 40.9 Å². The first-order valence-corrected chi connectivity index (χ1v) is 22.1. The van der Waals surface area contributed by atoms with Gasteiger partial charge in [0.2, 0.25) is 0 Å². The van der Waals surface area contributed by atoms with Crippen molar-refractivity contribution in [3.63, 3.8) is 0 Å². The maximum Gasteiger partial charge on any atom is 0.129 e. The van der Waals surface area contributed by atoms with Crippen molar-refractivity contribution in [2.75, 3.05) is 0 Å². The third-order valence-corrected chi connectivity index (χ3v) is 14.8. The van der Waals surface area contributed by atoms with Gasteiger partial charge in [0.05, 0.1) is 17.6 Å². The average Bonchev–Trinajstić information content (AvgIpc) is 3.31. The molecule has 0 saturated heterocycles. The van der Waals surface area contributed by atoms with Crippen LogP contribution in [0.2, 0.25) is 0 Å². The summed E-state index contributed by atoms with van der Waals surface area (Å²) in [6, 6.07) is 22.7. The van der Waals surface area contributed by atoms with E-state index in [9.17, 15) is 5.26 Å². The molecule has 290 valence electrons. The first-order valence-electron chi connectivity index (χ1n) is 21.3. The van der Waals surface area contributed by atoms with E-state index < -0.39 is 5.41 Å². The molecule has 58 heavy (non-hydrogen) atoms. The van der Waals surface area contributed by atoms with Crippen LogP contribution < -0.4 is 10.6 Å². The topological polar surface area (TPSA) is 85.5 Å². The molecule has 0 saturated carbocycles. The lowest BCUT2D eigenvalue weighted by Gasteiger charge is -2.48. The minimum absolute atomic E-state index is 0.00980. The lowest BCUT2D eigenvalue weighted by molar-refractivity contribution is 0.310. The standard InChI is InChI=1S/C51H50N6S/c52-33-34-19-21-35(22-20-34)37-11-6-12-38(31-37)39-13-7-14-40(32-39)49-55-48(36-9-2-1-3-10-36)56-50(57-49)43-15-8-18-46-47(43)51(41-23-27-53-28-24-41,42-25-29-54-30-26-42)44-16-4-5-17-45(44)58-46/h1-2,4-5,7-8,12-21,23-25,27-30,35-37,40,42,49-50,57H,3,6,9-11,22,26,31-32H2,(H,55,56). The summed E-state index contributed by atoms with van der Waals surface area (Å²) in [5, 5.41) is 17.6. The van der Waals surface area contributed by atoms with E-state index in [4.69, 9.17) is 4.99 Å². The monoisotopic (exact) mass is 778 g/mol. The van der Waals surface area contributed by atoms with Crippen LogP contribution >= 0.6 is 11.8 Å². The number of nitrogens with zero attached hydrogens (tertiary/aromatic N) is 4. The molecule has 2 aromatic carbocycles. The van der Waals surface area contributed by atoms with Gasteiger partial charge >= 0.3 is 0 Å². The van der Waals surface area contributed by atoms with E-state index in [1.807, 2.05) is 36.4 Å². The maximum absolute atomic E-state index is 9.39. The summed E-state index contributed by atoms with van der Waals surface area (Å²) in [6.07, 6.45) is 40.2. The molecule has 0 spiro atoms. The largest absolute Gasteiger partial charge is 0.358 e. The van der Waals surface area contributed by atoms with Gasteiger partial charge in [0.15, 0.2) is 0 Å². The Morgan fingerprint density at radius 2 is 1.74 bits per heavy atom. The number of amidine groups is 1. The normalized spacial score (nSPS) is 31.1. The summed E-state index contributed by atoms with van der Waals surface area (Å²) in [7, 11) is 0. The smallest absolute Gasteiger partial charge is 0.129 e. The van der Waals surface area contributed by atoms with E-state index in [0.717, 1.165) is 62.8 Å². The van der Waals surface area contributed by atoms with Gasteiger partial charge in [0, 0.05) is 57.9 Å². The quantitative estimate of drug-likeness (QED) is 0.233. The molecule has 7 heteroatoms. The zero-order chi connectivity index (χ0) is 38.9. The minimum Gasteiger partial charge on any atom is -0.358 e. The summed E-state index contributed by atoms with van der Waals surface area (Å²) < 4.78 is 0. The number of nitriles is 1. The molecule has 2 N–H and O–H groups in total. The van der Waals surface area contributed by atoms with Crippen LogP contribution in [0.3, 0.4) is 0 Å². The molecular weight excluding hydrogens is 729 g/mol. The Kier molecular flexibility index (Phi) is 10.3. The average molecular weight is 779 g/mol. The highest BCUT2D eigenvalue weighted by Gasteiger charge is 2.50. The Morgan fingerprint density at radius 1 is 0.828 bits per heavy atom. The van der Waals surface area contributed by atoms with Crippen LogP contribution in [0.25, 0.3) is 0 Å². The third kappa shape index (κ3) is 6.80. The summed E-state index contributed by atoms with van der Waals surface area (Å²) in [6.45, 7) is 0. The molecule has 8 atom stereocenters. The van der Waals surface area contributed by atoms with E-state index in [2.05, 4.69) is 142 Å². The van der Waals surface area contributed by atoms with Gasteiger partial charge in [-0.25, -0.2) is 4.99 Å². The molecule has 1 aromatic heterocycles. The molecule has 0 amide bonds. The molecule has 7 aliphatic rings. The van der Waals surface area contributed by atoms with Gasteiger partial charge in [0.1, 0.15) is 12.0 Å². The number of rotatable bonds is 7. The van der Waals surface area contributed by atoms with Gasteiger partial charge in [-0.2, -0.15) is 5.26 Å². The van der Waals surface area contributed by atoms with Gasteiger partial charge in [-0.05, 0) is 133 Å². The Bertz CT molecular complexity index is 2390. The fraction of sp³-hybridized carbons (Fsp3) is 0.333. The van der Waals surface area contributed by atoms with Crippen molar-refractivity contribution >= 4 is 23.8 Å². The predicted octanol–water partition coefficient (Wildman–Crippen LogP) is 11.0. The van der Waals surface area contributed by atoms with E-state index in [-0.39, 0.29) is 24.2 Å². The molecular formula is C51H50N6S. The molecule has 0 radical (unpaired) electrons. The Labute approximate surface area is 347 Å². The van der Waals surface area contributed by atoms with Gasteiger partial charge in [-0.3, -0.25) is 15.3 Å². The molecule has 0 fully saturated rings. The lowest BCUT2D eigenvalue weighted by atomic mass is 9.59. The fourth-order valence-corrected chi connectivity index (χ4v) is 12.0. The van der Waals surface area contributed by atoms with Crippen molar-refractivity contribution in [1.29, 1.82) is 5.26 Å². The first-order chi connectivity index (χ1) is 28.7. The zero-order valence-corrected chi connectivity index (χ0v) is 33.7. The van der Waals surface area contributed by atoms with Crippen LogP contribution in [0.15, 0.2) is 170 Å². The fourth-order valence-electron chi connectivity index (χ4n) is 10.8. The highest BCUT2D eigenvalue weighted by molar-refractivity contribution is 7.99. The van der Waals surface area contributed by atoms with E-state index in [1.54, 1.807) is 0 Å². The summed E-state index contributed by atoms with van der Waals surface area (Å²) in [5.41, 5.74) is 8.44. The highest BCUT2D eigenvalue weighted by atomic mass is 32.2. The molecule has 6 nitrogen and oxygen atoms in total. The first kappa shape index (κ1) is 37.0. The number of fused-ring (bicyclic) bond motifs is 2. The summed E-state index contributed by atoms with van der Waals surface area (Å²) in [5.74, 6) is 2.99. The third-order valence-electron chi connectivity index (χ3n) is 13.6. The van der Waals surface area contributed by atoms with Crippen molar-refractivity contribution < 1.29 is 0 Å². The Hall–Kier alpha value is -5.29. The second kappa shape index (κ2) is 16.2. The van der Waals surface area contributed by atoms with Crippen molar-refractivity contribution in [1.82, 2.24) is 15.6 Å². The summed E-state index contributed by atoms with van der Waals surface area (Å²) in [4.78, 5) is 17.3. The maximum atomic E-state index is 9.39. The molecule has 8 unspecified atom stereocenters. The number of allylic oxidation sites excluding steroid dienone is 12. The number of hydrogen-bond donors (Lipinski definition) is 2. The SMILES string of the molecule is N#CC1=CCC(C2CCC=C(C3=CC=CC(C4NC(C5CC=CCC5)=NC(c5cccc6c5C(c5ccncc5)(C5C=CN=CC5)c5ccccc5S6)N4)C3)C2)C=C1. The Balaban J connectivity index is 1.02. The van der Waals surface area contributed by atoms with E-state index in [0.29, 0.717) is 17.8 Å². The lowest BCUT2D eigenvalue weighted by Crippen LogP contribution is -2.56. The van der Waals surface area contributed by atoms with Crippen molar-refractivity contribution in [3.8, 4) is 6.07 Å². The number of nitrogens with one attached hydrogen (secondary N) is 2. The second-order valence-corrected chi connectivity index (χ2v) is 17.9. The van der Waals surface area contributed by atoms with Crippen LogP contribution in [-0.4, -0.2) is 23.2 Å². The van der Waals surface area contributed by atoms with Crippen molar-refractivity contribution in [2.45, 2.75) is 85.3 Å². The number of aromatic nitrogens is 1. The molecule has 3 aliphatic heterocycles. The second-order valence-electron chi connectivity index (χ2n) is 16.8. The van der Waals surface area contributed by atoms with Gasteiger partial charge in [-0.15, -0.1) is 0 Å². The van der Waals surface area contributed by atoms with Crippen LogP contribution in [0.4, 0.5) is 0 Å². The van der Waals surface area contributed by atoms with Crippen LogP contribution in [-0.2, 0) is 5.41 Å². The number of aliphatic imine (C=N–C) groups is 2.